The highest BCUT2D eigenvalue weighted by Crippen LogP contribution is 2.27. The van der Waals surface area contributed by atoms with Gasteiger partial charge in [-0.3, -0.25) is 4.79 Å². The standard InChI is InChI=1S/C21H19N3O2S/c1-13(2)14-4-8-16(9-5-14)26-17-10-6-15(7-11-17)19-18(12-22)20(25)24-21(23-19)27-3/h4-11,13H,1-3H3,(H,23,24,25). The van der Waals surface area contributed by atoms with Crippen LogP contribution in [-0.4, -0.2) is 16.2 Å². The Hall–Kier alpha value is -3.04. The van der Waals surface area contributed by atoms with Crippen molar-refractivity contribution in [3.8, 4) is 28.8 Å². The summed E-state index contributed by atoms with van der Waals surface area (Å²) < 4.78 is 5.87. The molecule has 0 bridgehead atoms. The Morgan fingerprint density at radius 2 is 1.67 bits per heavy atom. The van der Waals surface area contributed by atoms with Crippen LogP contribution in [0.5, 0.6) is 11.5 Å². The molecule has 0 unspecified atom stereocenters. The molecular weight excluding hydrogens is 358 g/mol. The van der Waals surface area contributed by atoms with Crippen LogP contribution in [0.2, 0.25) is 0 Å². The number of thioether (sulfide) groups is 1. The van der Waals surface area contributed by atoms with E-state index in [4.69, 9.17) is 4.74 Å². The Bertz CT molecular complexity index is 1030. The van der Waals surface area contributed by atoms with Gasteiger partial charge in [0, 0.05) is 5.56 Å². The third-order valence-electron chi connectivity index (χ3n) is 4.11. The highest BCUT2D eigenvalue weighted by Gasteiger charge is 2.13. The smallest absolute Gasteiger partial charge is 0.270 e. The molecule has 0 spiro atoms. The van der Waals surface area contributed by atoms with Crippen LogP contribution in [0.25, 0.3) is 11.3 Å². The van der Waals surface area contributed by atoms with Crippen LogP contribution >= 0.6 is 11.8 Å². The lowest BCUT2D eigenvalue weighted by atomic mass is 10.0. The van der Waals surface area contributed by atoms with Crippen molar-refractivity contribution in [3.63, 3.8) is 0 Å². The molecule has 0 amide bonds. The number of H-pyrrole nitrogens is 1. The molecule has 1 heterocycles. The van der Waals surface area contributed by atoms with E-state index in [1.165, 1.54) is 17.3 Å². The van der Waals surface area contributed by atoms with Crippen molar-refractivity contribution in [2.75, 3.05) is 6.26 Å². The number of hydrogen-bond acceptors (Lipinski definition) is 5. The summed E-state index contributed by atoms with van der Waals surface area (Å²) in [5.74, 6) is 1.90. The van der Waals surface area contributed by atoms with Crippen LogP contribution in [-0.2, 0) is 0 Å². The van der Waals surface area contributed by atoms with Crippen LogP contribution < -0.4 is 10.3 Å². The molecule has 0 aliphatic carbocycles. The molecule has 6 heteroatoms. The van der Waals surface area contributed by atoms with Gasteiger partial charge in [0.25, 0.3) is 5.56 Å². The second-order valence-electron chi connectivity index (χ2n) is 6.26. The van der Waals surface area contributed by atoms with Gasteiger partial charge in [0.1, 0.15) is 23.1 Å². The van der Waals surface area contributed by atoms with E-state index in [2.05, 4.69) is 35.9 Å². The summed E-state index contributed by atoms with van der Waals surface area (Å²) in [6.07, 6.45) is 1.82. The van der Waals surface area contributed by atoms with Crippen LogP contribution in [0.4, 0.5) is 0 Å². The molecule has 2 aromatic carbocycles. The van der Waals surface area contributed by atoms with E-state index in [9.17, 15) is 10.1 Å². The molecule has 0 saturated carbocycles. The zero-order chi connectivity index (χ0) is 19.4. The summed E-state index contributed by atoms with van der Waals surface area (Å²) in [7, 11) is 0. The van der Waals surface area contributed by atoms with Gasteiger partial charge >= 0.3 is 0 Å². The lowest BCUT2D eigenvalue weighted by molar-refractivity contribution is 0.482. The number of aromatic amines is 1. The molecule has 1 aromatic heterocycles. The molecule has 0 aliphatic rings. The third kappa shape index (κ3) is 4.21. The first-order valence-corrected chi connectivity index (χ1v) is 9.71. The zero-order valence-corrected chi connectivity index (χ0v) is 16.1. The van der Waals surface area contributed by atoms with Crippen molar-refractivity contribution in [3.05, 3.63) is 70.0 Å². The van der Waals surface area contributed by atoms with Gasteiger partial charge in [-0.2, -0.15) is 5.26 Å². The van der Waals surface area contributed by atoms with Gasteiger partial charge in [0.2, 0.25) is 0 Å². The molecular formula is C21H19N3O2S. The molecule has 0 radical (unpaired) electrons. The van der Waals surface area contributed by atoms with Crippen LogP contribution in [0.15, 0.2) is 58.5 Å². The van der Waals surface area contributed by atoms with Crippen LogP contribution in [0.1, 0.15) is 30.9 Å². The maximum Gasteiger partial charge on any atom is 0.270 e. The van der Waals surface area contributed by atoms with Crippen molar-refractivity contribution in [1.29, 1.82) is 5.26 Å². The number of nitriles is 1. The second kappa shape index (κ2) is 8.11. The first-order chi connectivity index (χ1) is 13.0. The van der Waals surface area contributed by atoms with E-state index >= 15 is 0 Å². The van der Waals surface area contributed by atoms with Crippen molar-refractivity contribution in [1.82, 2.24) is 9.97 Å². The molecule has 0 saturated heterocycles. The van der Waals surface area contributed by atoms with E-state index in [0.29, 0.717) is 28.1 Å². The minimum atomic E-state index is -0.433. The van der Waals surface area contributed by atoms with Crippen molar-refractivity contribution < 1.29 is 4.74 Å². The molecule has 0 aliphatic heterocycles. The summed E-state index contributed by atoms with van der Waals surface area (Å²) in [4.78, 5) is 19.0. The first-order valence-electron chi connectivity index (χ1n) is 8.48. The van der Waals surface area contributed by atoms with Gasteiger partial charge in [0.15, 0.2) is 5.16 Å². The Labute approximate surface area is 162 Å². The Balaban J connectivity index is 1.87. The van der Waals surface area contributed by atoms with E-state index in [1.807, 2.05) is 24.5 Å². The Morgan fingerprint density at radius 1 is 1.07 bits per heavy atom. The Kier molecular flexibility index (Phi) is 5.63. The number of aromatic nitrogens is 2. The number of ether oxygens (including phenoxy) is 1. The zero-order valence-electron chi connectivity index (χ0n) is 15.3. The number of benzene rings is 2. The largest absolute Gasteiger partial charge is 0.457 e. The number of nitrogens with zero attached hydrogens (tertiary/aromatic N) is 2. The van der Waals surface area contributed by atoms with Crippen LogP contribution in [0, 0.1) is 11.3 Å². The minimum Gasteiger partial charge on any atom is -0.457 e. The fraction of sp³-hybridized carbons (Fsp3) is 0.190. The predicted molar refractivity (Wildman–Crippen MR) is 107 cm³/mol. The van der Waals surface area contributed by atoms with Gasteiger partial charge in [-0.05, 0) is 54.1 Å². The molecule has 3 aromatic rings. The summed E-state index contributed by atoms with van der Waals surface area (Å²) >= 11 is 1.32. The first kappa shape index (κ1) is 18.7. The normalized spacial score (nSPS) is 10.6. The molecule has 5 nitrogen and oxygen atoms in total. The van der Waals surface area contributed by atoms with Crippen molar-refractivity contribution >= 4 is 11.8 Å². The van der Waals surface area contributed by atoms with E-state index in [-0.39, 0.29) is 5.56 Å². The fourth-order valence-corrected chi connectivity index (χ4v) is 2.98. The van der Waals surface area contributed by atoms with Crippen molar-refractivity contribution in [2.24, 2.45) is 0 Å². The van der Waals surface area contributed by atoms with Gasteiger partial charge in [-0.15, -0.1) is 0 Å². The van der Waals surface area contributed by atoms with E-state index < -0.39 is 5.56 Å². The van der Waals surface area contributed by atoms with Gasteiger partial charge < -0.3 is 9.72 Å². The van der Waals surface area contributed by atoms with Gasteiger partial charge in [-0.1, -0.05) is 37.7 Å². The minimum absolute atomic E-state index is 0.00532. The molecule has 136 valence electrons. The molecule has 3 rings (SSSR count). The molecule has 0 fully saturated rings. The van der Waals surface area contributed by atoms with Gasteiger partial charge in [-0.25, -0.2) is 4.98 Å². The summed E-state index contributed by atoms with van der Waals surface area (Å²) in [6.45, 7) is 4.30. The van der Waals surface area contributed by atoms with Gasteiger partial charge in [0.05, 0.1) is 5.69 Å². The predicted octanol–water partition coefficient (Wildman–Crippen LogP) is 4.95. The topological polar surface area (TPSA) is 78.8 Å². The third-order valence-corrected chi connectivity index (χ3v) is 4.69. The quantitative estimate of drug-likeness (QED) is 0.503. The second-order valence-corrected chi connectivity index (χ2v) is 7.06. The van der Waals surface area contributed by atoms with E-state index in [1.54, 1.807) is 24.3 Å². The number of hydrogen-bond donors (Lipinski definition) is 1. The highest BCUT2D eigenvalue weighted by molar-refractivity contribution is 7.98. The molecule has 1 N–H and O–H groups in total. The Morgan fingerprint density at radius 3 is 2.19 bits per heavy atom. The maximum atomic E-state index is 12.1. The average Bonchev–Trinajstić information content (AvgIpc) is 2.68. The van der Waals surface area contributed by atoms with Crippen LogP contribution in [0.3, 0.4) is 0 Å². The summed E-state index contributed by atoms with van der Waals surface area (Å²) in [5, 5.41) is 9.77. The highest BCUT2D eigenvalue weighted by atomic mass is 32.2. The monoisotopic (exact) mass is 377 g/mol. The lowest BCUT2D eigenvalue weighted by Crippen LogP contribution is -2.14. The summed E-state index contributed by atoms with van der Waals surface area (Å²) in [6, 6.07) is 17.1. The van der Waals surface area contributed by atoms with E-state index in [0.717, 1.165) is 5.75 Å². The number of nitrogens with one attached hydrogen (secondary N) is 1. The fourth-order valence-electron chi connectivity index (χ4n) is 2.60. The number of rotatable bonds is 5. The lowest BCUT2D eigenvalue weighted by Gasteiger charge is -2.10. The molecule has 0 atom stereocenters. The molecule has 27 heavy (non-hydrogen) atoms. The maximum absolute atomic E-state index is 12.1. The van der Waals surface area contributed by atoms with Crippen molar-refractivity contribution in [2.45, 2.75) is 24.9 Å². The summed E-state index contributed by atoms with van der Waals surface area (Å²) in [5.41, 5.74) is 1.89. The SMILES string of the molecule is CSc1nc(-c2ccc(Oc3ccc(C(C)C)cc3)cc2)c(C#N)c(=O)[nH]1. The average molecular weight is 377 g/mol.